The number of aliphatic hydroxyl groups is 1. The number of benzene rings is 1. The third-order valence-electron chi connectivity index (χ3n) is 10.7. The second-order valence-corrected chi connectivity index (χ2v) is 14.2. The van der Waals surface area contributed by atoms with Crippen LogP contribution in [0.2, 0.25) is 5.02 Å². The minimum atomic E-state index is -1.40. The van der Waals surface area contributed by atoms with E-state index in [-0.39, 0.29) is 35.7 Å². The predicted octanol–water partition coefficient (Wildman–Crippen LogP) is 5.70. The van der Waals surface area contributed by atoms with Gasteiger partial charge in [0.25, 0.3) is 0 Å². The van der Waals surface area contributed by atoms with Crippen LogP contribution in [0.15, 0.2) is 64.1 Å². The topological polar surface area (TPSA) is 151 Å². The highest BCUT2D eigenvalue weighted by Crippen LogP contribution is 2.67. The van der Waals surface area contributed by atoms with E-state index in [1.165, 1.54) is 19.9 Å². The van der Waals surface area contributed by atoms with Gasteiger partial charge in [0, 0.05) is 54.2 Å². The van der Waals surface area contributed by atoms with E-state index in [4.69, 9.17) is 35.0 Å². The molecule has 11 nitrogen and oxygen atoms in total. The van der Waals surface area contributed by atoms with Crippen molar-refractivity contribution < 1.29 is 42.9 Å². The van der Waals surface area contributed by atoms with E-state index in [1.807, 2.05) is 13.8 Å². The van der Waals surface area contributed by atoms with Crippen LogP contribution in [0.5, 0.6) is 5.75 Å². The lowest BCUT2D eigenvalue weighted by Gasteiger charge is -2.66. The van der Waals surface area contributed by atoms with Gasteiger partial charge in [0.15, 0.2) is 0 Å². The Morgan fingerprint density at radius 1 is 1.04 bits per heavy atom. The number of rotatable bonds is 6. The Morgan fingerprint density at radius 2 is 1.81 bits per heavy atom. The molecule has 3 heterocycles. The molecule has 1 aromatic carbocycles. The molecule has 1 aliphatic heterocycles. The molecule has 8 atom stereocenters. The molecule has 2 aromatic heterocycles. The Hall–Kier alpha value is -4.22. The SMILES string of the molecule is CC(=O)OC[C@@]1(C)C2C[C@H](OC(=O)c3cccc(Cl)c3)[C@@]3(C)Oc4cc(-c5cccnc5)oc(=O)c4[C@H](O)C3[C@@]2(C)CC[C@@H]1OC(C)=O. The molecule has 6 rings (SSSR count). The van der Waals surface area contributed by atoms with Gasteiger partial charge in [0.2, 0.25) is 0 Å². The van der Waals surface area contributed by atoms with E-state index >= 15 is 0 Å². The van der Waals surface area contributed by atoms with Crippen molar-refractivity contribution >= 4 is 29.5 Å². The van der Waals surface area contributed by atoms with Crippen LogP contribution in [0, 0.1) is 22.7 Å². The van der Waals surface area contributed by atoms with Gasteiger partial charge in [-0.05, 0) is 67.9 Å². The number of carbonyl (C=O) groups is 3. The average molecular weight is 680 g/mol. The first-order valence-electron chi connectivity index (χ1n) is 15.9. The first-order chi connectivity index (χ1) is 22.7. The summed E-state index contributed by atoms with van der Waals surface area (Å²) in [7, 11) is 0. The molecular weight excluding hydrogens is 642 g/mol. The summed E-state index contributed by atoms with van der Waals surface area (Å²) in [6.45, 7) is 8.18. The van der Waals surface area contributed by atoms with Crippen LogP contribution in [0.3, 0.4) is 0 Å². The number of hydrogen-bond donors (Lipinski definition) is 1. The summed E-state index contributed by atoms with van der Waals surface area (Å²) in [6, 6.07) is 11.3. The monoisotopic (exact) mass is 679 g/mol. The molecular formula is C36H38ClNO10. The summed E-state index contributed by atoms with van der Waals surface area (Å²) < 4.78 is 30.2. The van der Waals surface area contributed by atoms with Crippen LogP contribution in [0.25, 0.3) is 11.3 Å². The highest BCUT2D eigenvalue weighted by atomic mass is 35.5. The number of aliphatic hydroxyl groups excluding tert-OH is 1. The average Bonchev–Trinajstić information content (AvgIpc) is 3.02. The van der Waals surface area contributed by atoms with Crippen molar-refractivity contribution in [2.75, 3.05) is 6.61 Å². The van der Waals surface area contributed by atoms with Crippen molar-refractivity contribution in [3.8, 4) is 17.1 Å². The number of aromatic nitrogens is 1. The summed E-state index contributed by atoms with van der Waals surface area (Å²) >= 11 is 6.20. The molecule has 3 aliphatic rings. The van der Waals surface area contributed by atoms with Gasteiger partial charge < -0.3 is 28.5 Å². The Bertz CT molecular complexity index is 1810. The van der Waals surface area contributed by atoms with Crippen LogP contribution in [-0.2, 0) is 23.8 Å². The van der Waals surface area contributed by atoms with Crippen LogP contribution in [-0.4, -0.2) is 52.4 Å². The van der Waals surface area contributed by atoms with Gasteiger partial charge in [-0.15, -0.1) is 0 Å². The molecule has 48 heavy (non-hydrogen) atoms. The van der Waals surface area contributed by atoms with Crippen LogP contribution >= 0.6 is 11.6 Å². The molecule has 0 radical (unpaired) electrons. The predicted molar refractivity (Wildman–Crippen MR) is 172 cm³/mol. The Balaban J connectivity index is 1.51. The first kappa shape index (κ1) is 33.7. The number of halogens is 1. The highest BCUT2D eigenvalue weighted by Gasteiger charge is 2.71. The van der Waals surface area contributed by atoms with Crippen LogP contribution in [0.1, 0.15) is 75.9 Å². The third-order valence-corrected chi connectivity index (χ3v) is 11.0. The minimum Gasteiger partial charge on any atom is -0.482 e. The molecule has 0 bridgehead atoms. The maximum atomic E-state index is 13.7. The molecule has 2 aliphatic carbocycles. The van der Waals surface area contributed by atoms with E-state index in [2.05, 4.69) is 4.98 Å². The summed E-state index contributed by atoms with van der Waals surface area (Å²) in [5.41, 5.74) is -3.19. The normalized spacial score (nSPS) is 32.0. The standard InChI is InChI=1S/C36H38ClNO10/c1-19(39)44-18-35(4)26-16-28(47-32(42)21-8-6-10-23(37)14-21)36(5)31(34(26,3)12-11-27(35)45-20(2)40)30(41)29-25(48-36)15-24(46-33(29)43)22-9-7-13-38-17-22/h6-10,13-15,17,26-28,30-31,41H,11-12,16,18H2,1-5H3/t26?,27-,28-,30-,31?,34-,35-,36+/m0/s1. The smallest absolute Gasteiger partial charge is 0.345 e. The zero-order chi connectivity index (χ0) is 34.6. The molecule has 2 unspecified atom stereocenters. The molecule has 0 saturated heterocycles. The van der Waals surface area contributed by atoms with E-state index in [1.54, 1.807) is 55.7 Å². The van der Waals surface area contributed by atoms with Gasteiger partial charge in [-0.1, -0.05) is 31.5 Å². The molecule has 2 saturated carbocycles. The molecule has 2 fully saturated rings. The summed E-state index contributed by atoms with van der Waals surface area (Å²) in [5.74, 6) is -2.63. The van der Waals surface area contributed by atoms with Crippen molar-refractivity contribution in [2.45, 2.75) is 77.8 Å². The zero-order valence-electron chi connectivity index (χ0n) is 27.4. The largest absolute Gasteiger partial charge is 0.482 e. The number of ether oxygens (including phenoxy) is 4. The number of hydrogen-bond acceptors (Lipinski definition) is 11. The summed E-state index contributed by atoms with van der Waals surface area (Å²) in [4.78, 5) is 55.9. The van der Waals surface area contributed by atoms with Gasteiger partial charge in [-0.2, -0.15) is 0 Å². The third kappa shape index (κ3) is 5.66. The Kier molecular flexibility index (Phi) is 8.66. The van der Waals surface area contributed by atoms with Gasteiger partial charge in [-0.25, -0.2) is 9.59 Å². The minimum absolute atomic E-state index is 0.0456. The van der Waals surface area contributed by atoms with Gasteiger partial charge >= 0.3 is 23.5 Å². The fourth-order valence-corrected chi connectivity index (χ4v) is 8.84. The van der Waals surface area contributed by atoms with Crippen molar-refractivity contribution in [1.29, 1.82) is 0 Å². The molecule has 3 aromatic rings. The number of esters is 3. The number of fused-ring (bicyclic) bond motifs is 4. The van der Waals surface area contributed by atoms with Crippen molar-refractivity contribution in [2.24, 2.45) is 22.7 Å². The van der Waals surface area contributed by atoms with Crippen LogP contribution < -0.4 is 10.4 Å². The zero-order valence-corrected chi connectivity index (χ0v) is 28.1. The molecule has 1 N–H and O–H groups in total. The number of pyridine rings is 1. The van der Waals surface area contributed by atoms with E-state index < -0.39 is 70.1 Å². The highest BCUT2D eigenvalue weighted by molar-refractivity contribution is 6.30. The van der Waals surface area contributed by atoms with E-state index in [9.17, 15) is 24.3 Å². The van der Waals surface area contributed by atoms with Crippen molar-refractivity contribution in [1.82, 2.24) is 4.98 Å². The lowest BCUT2D eigenvalue weighted by atomic mass is 9.42. The lowest BCUT2D eigenvalue weighted by Crippen LogP contribution is -2.71. The lowest BCUT2D eigenvalue weighted by molar-refractivity contribution is -0.266. The second-order valence-electron chi connectivity index (χ2n) is 13.7. The first-order valence-corrected chi connectivity index (χ1v) is 16.3. The van der Waals surface area contributed by atoms with Crippen molar-refractivity contribution in [3.05, 3.63) is 81.4 Å². The van der Waals surface area contributed by atoms with Gasteiger partial charge in [-0.3, -0.25) is 14.6 Å². The van der Waals surface area contributed by atoms with Crippen molar-refractivity contribution in [3.63, 3.8) is 0 Å². The van der Waals surface area contributed by atoms with Crippen LogP contribution in [0.4, 0.5) is 0 Å². The molecule has 12 heteroatoms. The van der Waals surface area contributed by atoms with Gasteiger partial charge in [0.1, 0.15) is 41.5 Å². The van der Waals surface area contributed by atoms with E-state index in [0.717, 1.165) is 0 Å². The molecule has 254 valence electrons. The van der Waals surface area contributed by atoms with Gasteiger partial charge in [0.05, 0.1) is 11.7 Å². The van der Waals surface area contributed by atoms with E-state index in [0.29, 0.717) is 23.4 Å². The summed E-state index contributed by atoms with van der Waals surface area (Å²) in [6.07, 6.45) is 1.13. The quantitative estimate of drug-likeness (QED) is 0.252. The number of nitrogens with zero attached hydrogens (tertiary/aromatic N) is 1. The second kappa shape index (κ2) is 12.3. The fourth-order valence-electron chi connectivity index (χ4n) is 8.65. The fraction of sp³-hybridized carbons (Fsp3) is 0.472. The molecule has 0 amide bonds. The maximum absolute atomic E-state index is 13.7. The summed E-state index contributed by atoms with van der Waals surface area (Å²) in [5, 5.41) is 12.6. The molecule has 0 spiro atoms. The Labute approximate surface area is 282 Å². The maximum Gasteiger partial charge on any atom is 0.345 e. The Morgan fingerprint density at radius 3 is 2.48 bits per heavy atom. The number of carbonyl (C=O) groups excluding carboxylic acids is 3.